The number of piperidine rings is 4. The highest BCUT2D eigenvalue weighted by Crippen LogP contribution is 2.37. The summed E-state index contributed by atoms with van der Waals surface area (Å²) in [5.41, 5.74) is 0.745. The molecule has 1 unspecified atom stereocenters. The number of ketones is 1. The smallest absolute Gasteiger partial charge is 0.333 e. The van der Waals surface area contributed by atoms with Crippen molar-refractivity contribution in [1.82, 2.24) is 35.6 Å². The van der Waals surface area contributed by atoms with Gasteiger partial charge in [-0.3, -0.25) is 28.8 Å². The number of carbonyl (C=O) groups is 7. The van der Waals surface area contributed by atoms with E-state index in [1.807, 2.05) is 45.0 Å². The fourth-order valence-electron chi connectivity index (χ4n) is 10.3. The molecule has 8 rings (SSSR count). The first kappa shape index (κ1) is 49.1. The highest BCUT2D eigenvalue weighted by atomic mass is 32.2. The average Bonchev–Trinajstić information content (AvgIpc) is 3.81. The number of hydrogen-bond acceptors (Lipinski definition) is 11. The van der Waals surface area contributed by atoms with Crippen LogP contribution in [0, 0.1) is 18.8 Å². The lowest BCUT2D eigenvalue weighted by Gasteiger charge is -2.45. The molecular formula is C50H69N7O8S. The molecule has 9 atom stereocenters. The van der Waals surface area contributed by atoms with Crippen LogP contribution < -0.4 is 16.0 Å². The Morgan fingerprint density at radius 1 is 0.864 bits per heavy atom. The molecule has 6 aliphatic heterocycles. The molecule has 3 N–H and O–H groups in total. The van der Waals surface area contributed by atoms with Crippen molar-refractivity contribution in [3.05, 3.63) is 71.3 Å². The van der Waals surface area contributed by atoms with Crippen LogP contribution in [0.15, 0.2) is 54.6 Å². The fraction of sp³-hybridized carbons (Fsp3) is 0.620. The molecule has 6 heterocycles. The Morgan fingerprint density at radius 2 is 1.56 bits per heavy atom. The van der Waals surface area contributed by atoms with Gasteiger partial charge in [0.15, 0.2) is 6.04 Å². The van der Waals surface area contributed by atoms with E-state index in [-0.39, 0.29) is 44.2 Å². The quantitative estimate of drug-likeness (QED) is 0.314. The molecule has 358 valence electrons. The van der Waals surface area contributed by atoms with Gasteiger partial charge in [-0.25, -0.2) is 4.79 Å². The molecule has 15 nitrogen and oxygen atoms in total. The predicted molar refractivity (Wildman–Crippen MR) is 252 cm³/mol. The van der Waals surface area contributed by atoms with E-state index in [0.29, 0.717) is 35.3 Å². The maximum Gasteiger partial charge on any atom is 0.333 e. The van der Waals surface area contributed by atoms with Gasteiger partial charge in [0.1, 0.15) is 41.6 Å². The summed E-state index contributed by atoms with van der Waals surface area (Å²) in [5.74, 6) is -3.21. The lowest BCUT2D eigenvalue weighted by atomic mass is 9.88. The maximum atomic E-state index is 15.6. The number of carbonyl (C=O) groups excluding carboxylic acids is 7. The first-order valence-electron chi connectivity index (χ1n) is 23.9. The van der Waals surface area contributed by atoms with Crippen LogP contribution in [0.5, 0.6) is 0 Å². The summed E-state index contributed by atoms with van der Waals surface area (Å²) in [7, 11) is 1.57. The summed E-state index contributed by atoms with van der Waals surface area (Å²) in [6, 6.07) is 10.1. The number of likely N-dealkylation sites (N-methyl/N-ethyl adjacent to an activating group) is 1. The van der Waals surface area contributed by atoms with Crippen LogP contribution in [0.4, 0.5) is 0 Å². The minimum atomic E-state index is -1.45. The molecule has 0 aromatic heterocycles. The normalized spacial score (nSPS) is 32.8. The third kappa shape index (κ3) is 10.8. The monoisotopic (exact) mass is 927 g/mol. The summed E-state index contributed by atoms with van der Waals surface area (Å²) < 4.78 is 6.06. The van der Waals surface area contributed by atoms with Gasteiger partial charge in [0.2, 0.25) is 29.5 Å². The second-order valence-corrected chi connectivity index (χ2v) is 20.9. The molecule has 2 aromatic carbocycles. The molecule has 0 saturated carbocycles. The van der Waals surface area contributed by atoms with Crippen molar-refractivity contribution in [2.75, 3.05) is 45.5 Å². The Balaban J connectivity index is 1.30. The van der Waals surface area contributed by atoms with Gasteiger partial charge < -0.3 is 40.3 Å². The summed E-state index contributed by atoms with van der Waals surface area (Å²) in [5, 5.41) is 9.39. The number of rotatable bonds is 9. The molecular weight excluding hydrogens is 859 g/mol. The number of hydrogen-bond donors (Lipinski definition) is 3. The SMILES string of the molecule is CC[C@]1(C)NC(=O)[C@@H](NC(C)C)[C@@H](C)OC(=O)[C@H](c2ccccc2)NC(=O)[C@@H]2CC(=O)[C@H](CSC3CN4CCC3CC4)CN2C(=O)[C@H](Cc2ccc(C)cc2)N(C)C(=O)[C@@H]2CCCN2C1=O. The molecule has 0 spiro atoms. The van der Waals surface area contributed by atoms with Crippen molar-refractivity contribution in [2.45, 2.75) is 140 Å². The van der Waals surface area contributed by atoms with Gasteiger partial charge in [0, 0.05) is 62.5 Å². The second-order valence-electron chi connectivity index (χ2n) is 19.7. The van der Waals surface area contributed by atoms with Crippen LogP contribution in [0.25, 0.3) is 0 Å². The van der Waals surface area contributed by atoms with E-state index in [0.717, 1.165) is 43.6 Å². The number of nitrogens with one attached hydrogen (secondary N) is 3. The fourth-order valence-corrected chi connectivity index (χ4v) is 11.9. The average molecular weight is 928 g/mol. The Kier molecular flexibility index (Phi) is 15.6. The minimum absolute atomic E-state index is 0.0486. The lowest BCUT2D eigenvalue weighted by Crippen LogP contribution is -2.65. The Labute approximate surface area is 393 Å². The molecule has 0 aliphatic carbocycles. The summed E-state index contributed by atoms with van der Waals surface area (Å²) in [6.45, 7) is 14.0. The molecule has 6 fully saturated rings. The first-order chi connectivity index (χ1) is 31.5. The second kappa shape index (κ2) is 21.0. The molecule has 5 amide bonds. The summed E-state index contributed by atoms with van der Waals surface area (Å²) in [4.78, 5) is 110. The van der Waals surface area contributed by atoms with Crippen LogP contribution in [0.1, 0.15) is 95.9 Å². The zero-order chi connectivity index (χ0) is 47.4. The number of amides is 5. The van der Waals surface area contributed by atoms with Gasteiger partial charge >= 0.3 is 5.97 Å². The number of nitrogens with zero attached hydrogens (tertiary/aromatic N) is 4. The molecule has 6 aliphatic rings. The molecule has 16 heteroatoms. The molecule has 2 bridgehead atoms. The van der Waals surface area contributed by atoms with E-state index >= 15 is 4.79 Å². The van der Waals surface area contributed by atoms with Crippen LogP contribution >= 0.6 is 11.8 Å². The number of cyclic esters (lactones) is 1. The van der Waals surface area contributed by atoms with Crippen LogP contribution in [0.3, 0.4) is 0 Å². The lowest BCUT2D eigenvalue weighted by molar-refractivity contribution is -0.157. The first-order valence-corrected chi connectivity index (χ1v) is 25.0. The zero-order valence-corrected chi connectivity index (χ0v) is 40.4. The Bertz CT molecular complexity index is 2120. The van der Waals surface area contributed by atoms with Gasteiger partial charge in [-0.05, 0) is 83.0 Å². The van der Waals surface area contributed by atoms with E-state index in [1.165, 1.54) is 14.7 Å². The van der Waals surface area contributed by atoms with Crippen molar-refractivity contribution in [3.63, 3.8) is 0 Å². The van der Waals surface area contributed by atoms with Crippen molar-refractivity contribution in [2.24, 2.45) is 11.8 Å². The number of benzene rings is 2. The van der Waals surface area contributed by atoms with Crippen LogP contribution in [0.2, 0.25) is 0 Å². The predicted octanol–water partition coefficient (Wildman–Crippen LogP) is 3.42. The van der Waals surface area contributed by atoms with E-state index in [4.69, 9.17) is 4.74 Å². The van der Waals surface area contributed by atoms with E-state index in [9.17, 15) is 28.8 Å². The maximum absolute atomic E-state index is 15.6. The zero-order valence-electron chi connectivity index (χ0n) is 39.6. The molecule has 66 heavy (non-hydrogen) atoms. The highest BCUT2D eigenvalue weighted by molar-refractivity contribution is 8.00. The Morgan fingerprint density at radius 3 is 2.20 bits per heavy atom. The Hall–Kier alpha value is -4.80. The van der Waals surface area contributed by atoms with Crippen molar-refractivity contribution < 1.29 is 38.3 Å². The number of thioether (sulfide) groups is 1. The highest BCUT2D eigenvalue weighted by Gasteiger charge is 2.49. The number of Topliss-reactive ketones (excluding diaryl/α,β-unsaturated/α-hetero) is 1. The third-order valence-electron chi connectivity index (χ3n) is 14.6. The molecule has 2 aromatic rings. The number of fused-ring (bicyclic) bond motifs is 5. The summed E-state index contributed by atoms with van der Waals surface area (Å²) >= 11 is 1.77. The van der Waals surface area contributed by atoms with Gasteiger partial charge in [-0.1, -0.05) is 80.9 Å². The van der Waals surface area contributed by atoms with E-state index < -0.39 is 83.3 Å². The molecule has 6 saturated heterocycles. The van der Waals surface area contributed by atoms with Gasteiger partial charge in [0.25, 0.3) is 0 Å². The van der Waals surface area contributed by atoms with Gasteiger partial charge in [-0.15, -0.1) is 0 Å². The van der Waals surface area contributed by atoms with Crippen molar-refractivity contribution >= 4 is 53.1 Å². The molecule has 0 radical (unpaired) electrons. The van der Waals surface area contributed by atoms with E-state index in [2.05, 4.69) is 20.9 Å². The van der Waals surface area contributed by atoms with Crippen LogP contribution in [-0.2, 0) is 44.7 Å². The van der Waals surface area contributed by atoms with Gasteiger partial charge in [0.05, 0.1) is 0 Å². The van der Waals surface area contributed by atoms with Crippen molar-refractivity contribution in [1.29, 1.82) is 0 Å². The minimum Gasteiger partial charge on any atom is -0.459 e. The van der Waals surface area contributed by atoms with Gasteiger partial charge in [-0.2, -0.15) is 11.8 Å². The number of esters is 1. The number of ether oxygens (including phenoxy) is 1. The third-order valence-corrected chi connectivity index (χ3v) is 16.1. The van der Waals surface area contributed by atoms with Crippen LogP contribution in [-0.4, -0.2) is 154 Å². The van der Waals surface area contributed by atoms with Crippen molar-refractivity contribution in [3.8, 4) is 0 Å². The topological polar surface area (TPSA) is 178 Å². The summed E-state index contributed by atoms with van der Waals surface area (Å²) in [6.07, 6.45) is 2.04. The van der Waals surface area contributed by atoms with E-state index in [1.54, 1.807) is 69.9 Å². The largest absolute Gasteiger partial charge is 0.459 e. The number of aryl methyl sites for hydroxylation is 1. The standard InChI is InChI=1S/C50H69N7O8S/c1-8-50(6)49(64)56-22-12-15-37(56)46(61)54(7)39(25-33-18-16-31(4)17-19-33)47(62)57-27-36(29-66-41-28-55-23-20-34(41)21-24-55)40(58)26-38(57)44(59)52-43(35-13-10-9-11-14-35)48(63)65-32(5)42(45(60)53-50)51-30(2)3/h9-11,13-14,16-19,30,32,34,36-39,41-43,51H,8,12,15,20-29H2,1-7H3,(H,52,59)(H,53,60)/t32-,36+,37+,38+,39+,41?,42+,43+,50+/m1/s1.